The highest BCUT2D eigenvalue weighted by Gasteiger charge is 2.34. The van der Waals surface area contributed by atoms with Crippen LogP contribution >= 0.6 is 0 Å². The first-order valence-corrected chi connectivity index (χ1v) is 12.2. The van der Waals surface area contributed by atoms with Gasteiger partial charge in [-0.2, -0.15) is 5.10 Å². The summed E-state index contributed by atoms with van der Waals surface area (Å²) in [5.41, 5.74) is 1.52. The number of ether oxygens (including phenoxy) is 2. The molecule has 1 saturated heterocycles. The number of likely N-dealkylation sites (tertiary alicyclic amines) is 1. The van der Waals surface area contributed by atoms with E-state index in [-0.39, 0.29) is 23.8 Å². The summed E-state index contributed by atoms with van der Waals surface area (Å²) in [6, 6.07) is 13.1. The van der Waals surface area contributed by atoms with Gasteiger partial charge in [0.05, 0.1) is 7.11 Å². The molecule has 36 heavy (non-hydrogen) atoms. The zero-order valence-corrected chi connectivity index (χ0v) is 21.3. The van der Waals surface area contributed by atoms with E-state index in [2.05, 4.69) is 11.2 Å². The normalized spacial score (nSPS) is 15.1. The van der Waals surface area contributed by atoms with Gasteiger partial charge in [-0.05, 0) is 61.1 Å². The fourth-order valence-electron chi connectivity index (χ4n) is 4.88. The van der Waals surface area contributed by atoms with Crippen molar-refractivity contribution in [1.82, 2.24) is 19.6 Å². The van der Waals surface area contributed by atoms with E-state index in [4.69, 9.17) is 13.9 Å². The lowest BCUT2D eigenvalue weighted by Gasteiger charge is -2.39. The molecule has 0 spiro atoms. The minimum absolute atomic E-state index is 0.0548. The van der Waals surface area contributed by atoms with Gasteiger partial charge in [-0.1, -0.05) is 12.1 Å². The predicted octanol–water partition coefficient (Wildman–Crippen LogP) is 3.40. The van der Waals surface area contributed by atoms with Crippen molar-refractivity contribution in [3.05, 3.63) is 71.4 Å². The van der Waals surface area contributed by atoms with Gasteiger partial charge in [0.2, 0.25) is 0 Å². The van der Waals surface area contributed by atoms with Crippen molar-refractivity contribution in [3.63, 3.8) is 0 Å². The minimum Gasteiger partial charge on any atom is -0.497 e. The topological polar surface area (TPSA) is 90.0 Å². The van der Waals surface area contributed by atoms with E-state index in [1.165, 1.54) is 0 Å². The van der Waals surface area contributed by atoms with Crippen LogP contribution in [0.25, 0.3) is 0 Å². The molecule has 9 nitrogen and oxygen atoms in total. The smallest absolute Gasteiger partial charge is 0.289 e. The molecule has 1 fully saturated rings. The number of methoxy groups -OCH3 is 2. The van der Waals surface area contributed by atoms with Crippen LogP contribution in [-0.4, -0.2) is 71.8 Å². The van der Waals surface area contributed by atoms with Gasteiger partial charge in [0, 0.05) is 46.5 Å². The number of nitrogens with zero attached hydrogens (tertiary/aromatic N) is 4. The van der Waals surface area contributed by atoms with Crippen molar-refractivity contribution in [2.24, 2.45) is 13.0 Å². The summed E-state index contributed by atoms with van der Waals surface area (Å²) in [6.07, 6.45) is 4.02. The van der Waals surface area contributed by atoms with Crippen molar-refractivity contribution in [2.45, 2.75) is 31.9 Å². The Morgan fingerprint density at radius 3 is 2.61 bits per heavy atom. The van der Waals surface area contributed by atoms with Gasteiger partial charge in [0.15, 0.2) is 5.76 Å². The molecule has 1 aliphatic heterocycles. The standard InChI is InChI=1S/C27H34N4O5/c1-29-13-12-23(28-29)26(32)30(2)24(17-19-6-5-7-21(16-19)35-4)20-10-14-31(15-11-20)27(33)25-9-8-22(36-25)18-34-3/h5-9,12-13,16,20,24H,10-11,14-15,17-18H2,1-4H3/t24-/m0/s1. The second kappa shape index (κ2) is 11.4. The number of likely N-dealkylation sites (N-methyl/N-ethyl adjacent to an activating group) is 1. The van der Waals surface area contributed by atoms with Crippen LogP contribution in [0.5, 0.6) is 5.75 Å². The van der Waals surface area contributed by atoms with Crippen LogP contribution in [-0.2, 0) is 24.8 Å². The van der Waals surface area contributed by atoms with Crippen LogP contribution in [0.2, 0.25) is 0 Å². The monoisotopic (exact) mass is 494 g/mol. The van der Waals surface area contributed by atoms with Gasteiger partial charge in [-0.15, -0.1) is 0 Å². The molecule has 3 heterocycles. The Bertz CT molecular complexity index is 1180. The maximum atomic E-state index is 13.3. The fraction of sp³-hybridized carbons (Fsp3) is 0.444. The molecule has 2 amide bonds. The van der Waals surface area contributed by atoms with E-state index in [0.29, 0.717) is 43.3 Å². The summed E-state index contributed by atoms with van der Waals surface area (Å²) in [5.74, 6) is 1.75. The molecule has 0 bridgehead atoms. The number of carbonyl (C=O) groups is 2. The van der Waals surface area contributed by atoms with Crippen molar-refractivity contribution < 1.29 is 23.5 Å². The van der Waals surface area contributed by atoms with E-state index in [1.807, 2.05) is 35.0 Å². The predicted molar refractivity (Wildman–Crippen MR) is 134 cm³/mol. The molecule has 192 valence electrons. The number of benzene rings is 1. The molecule has 0 aliphatic carbocycles. The van der Waals surface area contributed by atoms with Crippen LogP contribution in [0.15, 0.2) is 53.1 Å². The molecular formula is C27H34N4O5. The molecule has 1 aliphatic rings. The number of hydrogen-bond acceptors (Lipinski definition) is 6. The lowest BCUT2D eigenvalue weighted by atomic mass is 9.84. The molecule has 0 radical (unpaired) electrons. The molecule has 9 heteroatoms. The van der Waals surface area contributed by atoms with Gasteiger partial charge in [-0.3, -0.25) is 14.3 Å². The lowest BCUT2D eigenvalue weighted by molar-refractivity contribution is 0.0501. The summed E-state index contributed by atoms with van der Waals surface area (Å²) < 4.78 is 17.8. The first-order valence-electron chi connectivity index (χ1n) is 12.2. The zero-order valence-electron chi connectivity index (χ0n) is 21.3. The molecule has 1 atom stereocenters. The largest absolute Gasteiger partial charge is 0.497 e. The fourth-order valence-corrected chi connectivity index (χ4v) is 4.88. The number of furan rings is 1. The summed E-state index contributed by atoms with van der Waals surface area (Å²) in [5, 5.41) is 4.31. The minimum atomic E-state index is -0.113. The van der Waals surface area contributed by atoms with Crippen molar-refractivity contribution in [2.75, 3.05) is 34.4 Å². The number of aromatic nitrogens is 2. The average molecular weight is 495 g/mol. The Morgan fingerprint density at radius 1 is 1.17 bits per heavy atom. The lowest BCUT2D eigenvalue weighted by Crippen LogP contribution is -2.48. The number of aryl methyl sites for hydroxylation is 1. The Hall–Kier alpha value is -3.59. The first kappa shape index (κ1) is 25.5. The maximum Gasteiger partial charge on any atom is 0.289 e. The van der Waals surface area contributed by atoms with Crippen molar-refractivity contribution >= 4 is 11.8 Å². The van der Waals surface area contributed by atoms with E-state index in [0.717, 1.165) is 24.2 Å². The Labute approximate surface area is 211 Å². The molecule has 2 aromatic heterocycles. The second-order valence-corrected chi connectivity index (χ2v) is 9.24. The number of carbonyl (C=O) groups excluding carboxylic acids is 2. The van der Waals surface area contributed by atoms with Crippen LogP contribution in [0.3, 0.4) is 0 Å². The van der Waals surface area contributed by atoms with E-state index >= 15 is 0 Å². The number of piperidine rings is 1. The highest BCUT2D eigenvalue weighted by molar-refractivity contribution is 5.92. The summed E-state index contributed by atoms with van der Waals surface area (Å²) in [7, 11) is 6.89. The zero-order chi connectivity index (χ0) is 25.7. The summed E-state index contributed by atoms with van der Waals surface area (Å²) >= 11 is 0. The van der Waals surface area contributed by atoms with E-state index < -0.39 is 0 Å². The number of amides is 2. The molecule has 4 rings (SSSR count). The number of hydrogen-bond donors (Lipinski definition) is 0. The highest BCUT2D eigenvalue weighted by Crippen LogP contribution is 2.29. The van der Waals surface area contributed by atoms with Crippen LogP contribution < -0.4 is 4.74 Å². The van der Waals surface area contributed by atoms with Gasteiger partial charge in [0.1, 0.15) is 23.8 Å². The molecule has 0 saturated carbocycles. The summed E-state index contributed by atoms with van der Waals surface area (Å²) in [4.78, 5) is 29.9. The second-order valence-electron chi connectivity index (χ2n) is 9.24. The third kappa shape index (κ3) is 5.79. The van der Waals surface area contributed by atoms with Gasteiger partial charge in [-0.25, -0.2) is 0 Å². The molecule has 3 aromatic rings. The van der Waals surface area contributed by atoms with Crippen LogP contribution in [0, 0.1) is 5.92 Å². The first-order chi connectivity index (χ1) is 17.4. The quantitative estimate of drug-likeness (QED) is 0.453. The molecule has 0 unspecified atom stereocenters. The van der Waals surface area contributed by atoms with E-state index in [1.54, 1.807) is 50.3 Å². The average Bonchev–Trinajstić information content (AvgIpc) is 3.55. The Morgan fingerprint density at radius 2 is 1.94 bits per heavy atom. The van der Waals surface area contributed by atoms with Crippen LogP contribution in [0.1, 0.15) is 45.2 Å². The maximum absolute atomic E-state index is 13.3. The van der Waals surface area contributed by atoms with Gasteiger partial charge < -0.3 is 23.7 Å². The van der Waals surface area contributed by atoms with Crippen molar-refractivity contribution in [3.8, 4) is 5.75 Å². The third-order valence-corrected chi connectivity index (χ3v) is 6.86. The SMILES string of the molecule is COCc1ccc(C(=O)N2CCC([C@H](Cc3cccc(OC)c3)N(C)C(=O)c3ccn(C)n3)CC2)o1. The van der Waals surface area contributed by atoms with E-state index in [9.17, 15) is 9.59 Å². The van der Waals surface area contributed by atoms with Gasteiger partial charge >= 0.3 is 0 Å². The van der Waals surface area contributed by atoms with Crippen LogP contribution in [0.4, 0.5) is 0 Å². The molecular weight excluding hydrogens is 460 g/mol. The van der Waals surface area contributed by atoms with Crippen molar-refractivity contribution in [1.29, 1.82) is 0 Å². The molecule has 0 N–H and O–H groups in total. The highest BCUT2D eigenvalue weighted by atomic mass is 16.5. The molecule has 1 aromatic carbocycles. The van der Waals surface area contributed by atoms with Gasteiger partial charge in [0.25, 0.3) is 11.8 Å². The Kier molecular flexibility index (Phi) is 8.10. The number of rotatable bonds is 9. The third-order valence-electron chi connectivity index (χ3n) is 6.86. The Balaban J connectivity index is 1.49. The summed E-state index contributed by atoms with van der Waals surface area (Å²) in [6.45, 7) is 1.53.